The summed E-state index contributed by atoms with van der Waals surface area (Å²) in [6, 6.07) is 3.24. The second-order valence-corrected chi connectivity index (χ2v) is 7.94. The van der Waals surface area contributed by atoms with Crippen molar-refractivity contribution in [3.63, 3.8) is 0 Å². The highest BCUT2D eigenvalue weighted by atomic mass is 35.5. The van der Waals surface area contributed by atoms with Gasteiger partial charge in [-0.2, -0.15) is 0 Å². The summed E-state index contributed by atoms with van der Waals surface area (Å²) in [6.07, 6.45) is 2.20. The normalized spacial score (nSPS) is 20.3. The third kappa shape index (κ3) is 3.94. The fourth-order valence-corrected chi connectivity index (χ4v) is 3.94. The van der Waals surface area contributed by atoms with E-state index in [2.05, 4.69) is 24.5 Å². The van der Waals surface area contributed by atoms with Crippen molar-refractivity contribution in [3.8, 4) is 5.75 Å². The lowest BCUT2D eigenvalue weighted by molar-refractivity contribution is -0.116. The van der Waals surface area contributed by atoms with Gasteiger partial charge in [0.15, 0.2) is 16.6 Å². The van der Waals surface area contributed by atoms with Crippen LogP contribution < -0.4 is 15.4 Å². The summed E-state index contributed by atoms with van der Waals surface area (Å²) in [5.74, 6) is 0.963. The zero-order valence-corrected chi connectivity index (χ0v) is 16.4. The molecule has 0 fully saturated rings. The summed E-state index contributed by atoms with van der Waals surface area (Å²) in [6.45, 7) is 4.64. The average molecular weight is 399 g/mol. The van der Waals surface area contributed by atoms with Crippen LogP contribution in [0.5, 0.6) is 5.75 Å². The Kier molecular flexibility index (Phi) is 5.56. The first-order valence-electron chi connectivity index (χ1n) is 8.32. The third-order valence-electron chi connectivity index (χ3n) is 4.20. The molecule has 0 saturated heterocycles. The first-order chi connectivity index (χ1) is 11.9. The molecule has 1 aliphatic carbocycles. The van der Waals surface area contributed by atoms with Crippen LogP contribution in [0.15, 0.2) is 23.4 Å². The van der Waals surface area contributed by atoms with E-state index in [1.54, 1.807) is 12.1 Å². The number of ether oxygens (including phenoxy) is 1. The smallest absolute Gasteiger partial charge is 0.171 e. The van der Waals surface area contributed by atoms with E-state index in [0.29, 0.717) is 39.9 Å². The maximum atomic E-state index is 12.5. The number of carbonyl (C=O) groups is 1. The first-order valence-corrected chi connectivity index (χ1v) is 9.48. The van der Waals surface area contributed by atoms with E-state index in [-0.39, 0.29) is 11.8 Å². The SMILES string of the molecule is CC(C)COc1c(Cl)cc(C2NC(=S)NC3=C2C(=O)CCC3)cc1Cl. The molecular formula is C18H20Cl2N2O2S. The number of carbonyl (C=O) groups excluding carboxylic acids is 1. The molecule has 1 atom stereocenters. The number of thiocarbonyl (C=S) groups is 1. The van der Waals surface area contributed by atoms with Crippen molar-refractivity contribution < 1.29 is 9.53 Å². The predicted octanol–water partition coefficient (Wildman–Crippen LogP) is 4.55. The minimum Gasteiger partial charge on any atom is -0.490 e. The van der Waals surface area contributed by atoms with E-state index in [1.165, 1.54) is 0 Å². The molecule has 1 aliphatic heterocycles. The van der Waals surface area contributed by atoms with Gasteiger partial charge in [-0.1, -0.05) is 37.0 Å². The van der Waals surface area contributed by atoms with Gasteiger partial charge in [-0.05, 0) is 48.7 Å². The molecule has 134 valence electrons. The van der Waals surface area contributed by atoms with Crippen LogP contribution in [0.25, 0.3) is 0 Å². The molecule has 7 heteroatoms. The van der Waals surface area contributed by atoms with Gasteiger partial charge in [0.1, 0.15) is 0 Å². The fourth-order valence-electron chi connectivity index (χ4n) is 3.09. The van der Waals surface area contributed by atoms with E-state index >= 15 is 0 Å². The third-order valence-corrected chi connectivity index (χ3v) is 4.98. The molecule has 0 bridgehead atoms. The molecule has 1 unspecified atom stereocenters. The fraction of sp³-hybridized carbons (Fsp3) is 0.444. The average Bonchev–Trinajstić information content (AvgIpc) is 2.52. The Balaban J connectivity index is 1.98. The van der Waals surface area contributed by atoms with Crippen LogP contribution in [0.1, 0.15) is 44.7 Å². The Morgan fingerprint density at radius 1 is 1.28 bits per heavy atom. The van der Waals surface area contributed by atoms with Gasteiger partial charge in [-0.25, -0.2) is 0 Å². The summed E-state index contributed by atoms with van der Waals surface area (Å²) in [5.41, 5.74) is 2.43. The second kappa shape index (κ2) is 7.52. The number of halogens is 2. The minimum atomic E-state index is -0.342. The van der Waals surface area contributed by atoms with E-state index in [9.17, 15) is 4.79 Å². The highest BCUT2D eigenvalue weighted by molar-refractivity contribution is 7.80. The number of Topliss-reactive ketones (excluding diaryl/α,β-unsaturated/α-hetero) is 1. The van der Waals surface area contributed by atoms with E-state index in [1.807, 2.05) is 0 Å². The van der Waals surface area contributed by atoms with Crippen molar-refractivity contribution in [2.24, 2.45) is 5.92 Å². The van der Waals surface area contributed by atoms with Gasteiger partial charge in [0.05, 0.1) is 22.7 Å². The highest BCUT2D eigenvalue weighted by Crippen LogP contribution is 2.40. The largest absolute Gasteiger partial charge is 0.490 e. The Hall–Kier alpha value is -1.30. The van der Waals surface area contributed by atoms with Crippen LogP contribution in [-0.2, 0) is 4.79 Å². The molecule has 2 aliphatic rings. The maximum absolute atomic E-state index is 12.5. The Labute approximate surface area is 162 Å². The summed E-state index contributed by atoms with van der Waals surface area (Å²) in [7, 11) is 0. The van der Waals surface area contributed by atoms with E-state index in [4.69, 9.17) is 40.2 Å². The standard InChI is InChI=1S/C18H20Cl2N2O2S/c1-9(2)8-24-17-11(19)6-10(7-12(17)20)16-15-13(21-18(25)22-16)4-3-5-14(15)23/h6-7,9,16H,3-5,8H2,1-2H3,(H2,21,22,25). The van der Waals surface area contributed by atoms with Gasteiger partial charge in [0.2, 0.25) is 0 Å². The molecule has 25 heavy (non-hydrogen) atoms. The number of ketones is 1. The lowest BCUT2D eigenvalue weighted by Gasteiger charge is -2.34. The quantitative estimate of drug-likeness (QED) is 0.728. The molecule has 0 spiro atoms. The van der Waals surface area contributed by atoms with Crippen molar-refractivity contribution >= 4 is 46.3 Å². The second-order valence-electron chi connectivity index (χ2n) is 6.72. The van der Waals surface area contributed by atoms with Crippen LogP contribution >= 0.6 is 35.4 Å². The van der Waals surface area contributed by atoms with Crippen molar-refractivity contribution in [2.75, 3.05) is 6.61 Å². The summed E-state index contributed by atoms with van der Waals surface area (Å²) in [4.78, 5) is 12.5. The summed E-state index contributed by atoms with van der Waals surface area (Å²) in [5, 5.41) is 7.65. The molecule has 2 N–H and O–H groups in total. The van der Waals surface area contributed by atoms with Crippen molar-refractivity contribution in [1.82, 2.24) is 10.6 Å². The van der Waals surface area contributed by atoms with Crippen LogP contribution in [0.2, 0.25) is 10.0 Å². The number of allylic oxidation sites excluding steroid dienone is 1. The molecule has 0 saturated carbocycles. The van der Waals surface area contributed by atoms with E-state index < -0.39 is 0 Å². The Morgan fingerprint density at radius 2 is 1.96 bits per heavy atom. The molecule has 3 rings (SSSR count). The van der Waals surface area contributed by atoms with Crippen LogP contribution in [0.4, 0.5) is 0 Å². The number of hydrogen-bond donors (Lipinski definition) is 2. The number of rotatable bonds is 4. The van der Waals surface area contributed by atoms with Gasteiger partial charge >= 0.3 is 0 Å². The molecule has 4 nitrogen and oxygen atoms in total. The molecule has 1 heterocycles. The van der Waals surface area contributed by atoms with Gasteiger partial charge in [0, 0.05) is 17.7 Å². The molecule has 1 aromatic carbocycles. The number of benzene rings is 1. The van der Waals surface area contributed by atoms with Crippen LogP contribution in [0.3, 0.4) is 0 Å². The highest BCUT2D eigenvalue weighted by Gasteiger charge is 2.33. The lowest BCUT2D eigenvalue weighted by Crippen LogP contribution is -2.46. The molecule has 1 aromatic rings. The van der Waals surface area contributed by atoms with Crippen LogP contribution in [0, 0.1) is 5.92 Å². The minimum absolute atomic E-state index is 0.126. The zero-order valence-electron chi connectivity index (χ0n) is 14.1. The first kappa shape index (κ1) is 18.5. The lowest BCUT2D eigenvalue weighted by atomic mass is 9.85. The maximum Gasteiger partial charge on any atom is 0.171 e. The zero-order chi connectivity index (χ0) is 18.1. The molecule has 0 radical (unpaired) electrons. The molecule has 0 amide bonds. The van der Waals surface area contributed by atoms with E-state index in [0.717, 1.165) is 29.7 Å². The number of hydrogen-bond acceptors (Lipinski definition) is 3. The van der Waals surface area contributed by atoms with Gasteiger partial charge in [-0.15, -0.1) is 0 Å². The van der Waals surface area contributed by atoms with Crippen molar-refractivity contribution in [2.45, 2.75) is 39.2 Å². The topological polar surface area (TPSA) is 50.4 Å². The monoisotopic (exact) mass is 398 g/mol. The Bertz CT molecular complexity index is 738. The summed E-state index contributed by atoms with van der Waals surface area (Å²) >= 11 is 18.1. The molecule has 0 aromatic heterocycles. The van der Waals surface area contributed by atoms with Crippen molar-refractivity contribution in [1.29, 1.82) is 0 Å². The van der Waals surface area contributed by atoms with Gasteiger partial charge in [0.25, 0.3) is 0 Å². The van der Waals surface area contributed by atoms with Crippen LogP contribution in [-0.4, -0.2) is 17.5 Å². The molecular weight excluding hydrogens is 379 g/mol. The van der Waals surface area contributed by atoms with Gasteiger partial charge in [-0.3, -0.25) is 4.79 Å². The van der Waals surface area contributed by atoms with Crippen molar-refractivity contribution in [3.05, 3.63) is 39.0 Å². The predicted molar refractivity (Wildman–Crippen MR) is 104 cm³/mol. The summed E-state index contributed by atoms with van der Waals surface area (Å²) < 4.78 is 5.72. The van der Waals surface area contributed by atoms with Gasteiger partial charge < -0.3 is 15.4 Å². The Morgan fingerprint density at radius 3 is 2.60 bits per heavy atom. The number of nitrogens with one attached hydrogen (secondary N) is 2.